The predicted molar refractivity (Wildman–Crippen MR) is 72.9 cm³/mol. The van der Waals surface area contributed by atoms with Crippen LogP contribution in [0.25, 0.3) is 0 Å². The van der Waals surface area contributed by atoms with Crippen LogP contribution in [0.3, 0.4) is 0 Å². The van der Waals surface area contributed by atoms with Gasteiger partial charge in [0.1, 0.15) is 0 Å². The Kier molecular flexibility index (Phi) is 3.67. The van der Waals surface area contributed by atoms with Crippen LogP contribution in [0.5, 0.6) is 0 Å². The Morgan fingerprint density at radius 3 is 2.59 bits per heavy atom. The molecule has 1 fully saturated rings. The lowest BCUT2D eigenvalue weighted by Gasteiger charge is -2.15. The van der Waals surface area contributed by atoms with E-state index in [1.807, 2.05) is 30.3 Å². The molecule has 0 unspecified atom stereocenters. The summed E-state index contributed by atoms with van der Waals surface area (Å²) in [5.41, 5.74) is 0.860. The summed E-state index contributed by atoms with van der Waals surface area (Å²) < 4.78 is 1.05. The molecule has 1 aromatic carbocycles. The molecule has 1 aliphatic carbocycles. The van der Waals surface area contributed by atoms with Crippen LogP contribution < -0.4 is 5.32 Å². The lowest BCUT2D eigenvalue weighted by Crippen LogP contribution is -2.35. The molecule has 1 N–H and O–H groups in total. The highest BCUT2D eigenvalue weighted by molar-refractivity contribution is 9.10. The van der Waals surface area contributed by atoms with Gasteiger partial charge in [-0.15, -0.1) is 6.58 Å². The number of rotatable bonds is 5. The summed E-state index contributed by atoms with van der Waals surface area (Å²) in [6.07, 6.45) is 4.55. The van der Waals surface area contributed by atoms with Crippen LogP contribution in [-0.2, 0) is 10.2 Å². The summed E-state index contributed by atoms with van der Waals surface area (Å²) >= 11 is 3.41. The third kappa shape index (κ3) is 2.60. The van der Waals surface area contributed by atoms with Gasteiger partial charge in [-0.3, -0.25) is 4.79 Å². The minimum atomic E-state index is -0.262. The Bertz CT molecular complexity index is 420. The average Bonchev–Trinajstić information content (AvgIpc) is 3.11. The number of hydrogen-bond donors (Lipinski definition) is 1. The van der Waals surface area contributed by atoms with Gasteiger partial charge in [0.2, 0.25) is 5.91 Å². The summed E-state index contributed by atoms with van der Waals surface area (Å²) in [4.78, 5) is 12.1. The van der Waals surface area contributed by atoms with E-state index in [0.717, 1.165) is 29.3 Å². The van der Waals surface area contributed by atoms with E-state index < -0.39 is 0 Å². The third-order valence-electron chi connectivity index (χ3n) is 3.22. The Balaban J connectivity index is 2.06. The van der Waals surface area contributed by atoms with Crippen LogP contribution in [0, 0.1) is 0 Å². The summed E-state index contributed by atoms with van der Waals surface area (Å²) in [6, 6.07) is 8.05. The Morgan fingerprint density at radius 2 is 2.06 bits per heavy atom. The minimum absolute atomic E-state index is 0.154. The van der Waals surface area contributed by atoms with E-state index in [4.69, 9.17) is 0 Å². The first-order valence-electron chi connectivity index (χ1n) is 5.84. The van der Waals surface area contributed by atoms with Crippen LogP contribution in [0.2, 0.25) is 0 Å². The highest BCUT2D eigenvalue weighted by Crippen LogP contribution is 2.48. The maximum atomic E-state index is 12.1. The highest BCUT2D eigenvalue weighted by Gasteiger charge is 2.50. The van der Waals surface area contributed by atoms with Crippen molar-refractivity contribution in [1.82, 2.24) is 5.32 Å². The summed E-state index contributed by atoms with van der Waals surface area (Å²) in [5, 5.41) is 2.98. The van der Waals surface area contributed by atoms with Crippen molar-refractivity contribution < 1.29 is 4.79 Å². The van der Waals surface area contributed by atoms with Gasteiger partial charge in [-0.05, 0) is 37.0 Å². The maximum absolute atomic E-state index is 12.1. The fourth-order valence-corrected chi connectivity index (χ4v) is 2.26. The second-order valence-electron chi connectivity index (χ2n) is 4.42. The van der Waals surface area contributed by atoms with E-state index >= 15 is 0 Å². The van der Waals surface area contributed by atoms with Gasteiger partial charge >= 0.3 is 0 Å². The van der Waals surface area contributed by atoms with Crippen molar-refractivity contribution in [2.24, 2.45) is 0 Å². The number of nitrogens with one attached hydrogen (secondary N) is 1. The van der Waals surface area contributed by atoms with E-state index in [-0.39, 0.29) is 11.3 Å². The summed E-state index contributed by atoms with van der Waals surface area (Å²) in [6.45, 7) is 4.33. The van der Waals surface area contributed by atoms with Crippen molar-refractivity contribution in [2.75, 3.05) is 6.54 Å². The van der Waals surface area contributed by atoms with Gasteiger partial charge in [0, 0.05) is 11.0 Å². The Labute approximate surface area is 110 Å². The SMILES string of the molecule is C=CCCNC(=O)C1(c2ccc(Br)cc2)CC1. The highest BCUT2D eigenvalue weighted by atomic mass is 79.9. The number of carbonyl (C=O) groups excluding carboxylic acids is 1. The van der Waals surface area contributed by atoms with E-state index in [0.29, 0.717) is 6.54 Å². The van der Waals surface area contributed by atoms with Gasteiger partial charge in [-0.2, -0.15) is 0 Å². The van der Waals surface area contributed by atoms with Crippen LogP contribution in [0.1, 0.15) is 24.8 Å². The normalized spacial score (nSPS) is 16.3. The van der Waals surface area contributed by atoms with Crippen LogP contribution in [0.4, 0.5) is 0 Å². The second kappa shape index (κ2) is 5.05. The topological polar surface area (TPSA) is 29.1 Å². The molecule has 0 atom stereocenters. The number of hydrogen-bond acceptors (Lipinski definition) is 1. The lowest BCUT2D eigenvalue weighted by molar-refractivity contribution is -0.123. The monoisotopic (exact) mass is 293 g/mol. The predicted octanol–water partition coefficient (Wildman–Crippen LogP) is 3.17. The fraction of sp³-hybridized carbons (Fsp3) is 0.357. The maximum Gasteiger partial charge on any atom is 0.230 e. The Morgan fingerprint density at radius 1 is 1.41 bits per heavy atom. The molecule has 0 spiro atoms. The summed E-state index contributed by atoms with van der Waals surface area (Å²) in [7, 11) is 0. The molecule has 0 heterocycles. The number of amides is 1. The van der Waals surface area contributed by atoms with Crippen molar-refractivity contribution in [2.45, 2.75) is 24.7 Å². The molecule has 1 aromatic rings. The molecule has 3 heteroatoms. The molecule has 0 aromatic heterocycles. The quantitative estimate of drug-likeness (QED) is 0.656. The number of halogens is 1. The molecule has 17 heavy (non-hydrogen) atoms. The van der Waals surface area contributed by atoms with Crippen LogP contribution in [-0.4, -0.2) is 12.5 Å². The van der Waals surface area contributed by atoms with Crippen LogP contribution >= 0.6 is 15.9 Å². The van der Waals surface area contributed by atoms with Crippen molar-refractivity contribution in [1.29, 1.82) is 0 Å². The first-order valence-corrected chi connectivity index (χ1v) is 6.63. The zero-order chi connectivity index (χ0) is 12.3. The van der Waals surface area contributed by atoms with Gasteiger partial charge in [-0.25, -0.2) is 0 Å². The van der Waals surface area contributed by atoms with Crippen molar-refractivity contribution in [3.8, 4) is 0 Å². The molecule has 0 saturated heterocycles. The van der Waals surface area contributed by atoms with Crippen molar-refractivity contribution in [3.05, 3.63) is 47.0 Å². The molecule has 0 radical (unpaired) electrons. The molecular formula is C14H16BrNO. The van der Waals surface area contributed by atoms with Gasteiger partial charge in [-0.1, -0.05) is 34.1 Å². The fourth-order valence-electron chi connectivity index (χ4n) is 2.00. The van der Waals surface area contributed by atoms with E-state index in [9.17, 15) is 4.79 Å². The van der Waals surface area contributed by atoms with E-state index in [1.165, 1.54) is 0 Å². The van der Waals surface area contributed by atoms with E-state index in [2.05, 4.69) is 27.8 Å². The minimum Gasteiger partial charge on any atom is -0.355 e. The second-order valence-corrected chi connectivity index (χ2v) is 5.34. The molecule has 1 amide bonds. The molecule has 2 rings (SSSR count). The average molecular weight is 294 g/mol. The van der Waals surface area contributed by atoms with Gasteiger partial charge < -0.3 is 5.32 Å². The molecule has 1 aliphatic rings. The largest absolute Gasteiger partial charge is 0.355 e. The molecule has 1 saturated carbocycles. The molecule has 0 aliphatic heterocycles. The van der Waals surface area contributed by atoms with E-state index in [1.54, 1.807) is 0 Å². The molecule has 2 nitrogen and oxygen atoms in total. The van der Waals surface area contributed by atoms with Gasteiger partial charge in [0.05, 0.1) is 5.41 Å². The molecular weight excluding hydrogens is 278 g/mol. The van der Waals surface area contributed by atoms with Gasteiger partial charge in [0.25, 0.3) is 0 Å². The third-order valence-corrected chi connectivity index (χ3v) is 3.74. The number of benzene rings is 1. The lowest BCUT2D eigenvalue weighted by atomic mass is 9.95. The molecule has 90 valence electrons. The van der Waals surface area contributed by atoms with Gasteiger partial charge in [0.15, 0.2) is 0 Å². The standard InChI is InChI=1S/C14H16BrNO/c1-2-3-10-16-13(17)14(8-9-14)11-4-6-12(15)7-5-11/h2,4-7H,1,3,8-10H2,(H,16,17). The first kappa shape index (κ1) is 12.4. The zero-order valence-corrected chi connectivity index (χ0v) is 11.3. The summed E-state index contributed by atoms with van der Waals surface area (Å²) in [5.74, 6) is 0.154. The van der Waals surface area contributed by atoms with Crippen molar-refractivity contribution in [3.63, 3.8) is 0 Å². The zero-order valence-electron chi connectivity index (χ0n) is 9.71. The van der Waals surface area contributed by atoms with Crippen molar-refractivity contribution >= 4 is 21.8 Å². The Hall–Kier alpha value is -1.09. The smallest absolute Gasteiger partial charge is 0.230 e. The molecule has 0 bridgehead atoms. The first-order chi connectivity index (χ1) is 8.19. The van der Waals surface area contributed by atoms with Crippen LogP contribution in [0.15, 0.2) is 41.4 Å². The number of carbonyl (C=O) groups is 1.